The first-order chi connectivity index (χ1) is 11.1. The van der Waals surface area contributed by atoms with Crippen LogP contribution in [0.1, 0.15) is 28.7 Å². The molecular formula is C17H18N4O2. The Morgan fingerprint density at radius 2 is 2.13 bits per heavy atom. The number of rotatable bonds is 4. The summed E-state index contributed by atoms with van der Waals surface area (Å²) in [5.74, 6) is 0.518. The van der Waals surface area contributed by atoms with Crippen molar-refractivity contribution in [2.45, 2.75) is 20.3 Å². The number of hydrogen-bond donors (Lipinski definition) is 1. The Morgan fingerprint density at radius 3 is 2.83 bits per heavy atom. The molecule has 0 spiro atoms. The molecule has 0 bridgehead atoms. The van der Waals surface area contributed by atoms with Gasteiger partial charge >= 0.3 is 0 Å². The van der Waals surface area contributed by atoms with Gasteiger partial charge in [0.05, 0.1) is 13.3 Å². The molecule has 0 unspecified atom stereocenters. The SMILES string of the molecule is CCc1cc(C(=O)Nc2ccc(OC)cc2C)nc2ccnn12. The smallest absolute Gasteiger partial charge is 0.274 e. The molecule has 1 amide bonds. The Kier molecular flexibility index (Phi) is 3.97. The zero-order chi connectivity index (χ0) is 16.4. The average molecular weight is 310 g/mol. The van der Waals surface area contributed by atoms with Crippen molar-refractivity contribution in [1.29, 1.82) is 0 Å². The maximum Gasteiger partial charge on any atom is 0.274 e. The van der Waals surface area contributed by atoms with Crippen LogP contribution in [0.4, 0.5) is 5.69 Å². The fraction of sp³-hybridized carbons (Fsp3) is 0.235. The van der Waals surface area contributed by atoms with Gasteiger partial charge in [0.2, 0.25) is 0 Å². The number of amides is 1. The van der Waals surface area contributed by atoms with Crippen LogP contribution in [-0.2, 0) is 6.42 Å². The molecule has 23 heavy (non-hydrogen) atoms. The molecule has 0 saturated heterocycles. The highest BCUT2D eigenvalue weighted by atomic mass is 16.5. The van der Waals surface area contributed by atoms with Crippen molar-refractivity contribution in [2.24, 2.45) is 0 Å². The molecule has 2 aromatic heterocycles. The molecule has 0 atom stereocenters. The van der Waals surface area contributed by atoms with Crippen LogP contribution in [0.5, 0.6) is 5.75 Å². The zero-order valence-electron chi connectivity index (χ0n) is 13.3. The quantitative estimate of drug-likeness (QED) is 0.804. The van der Waals surface area contributed by atoms with Crippen LogP contribution in [0.25, 0.3) is 5.65 Å². The number of carbonyl (C=O) groups excluding carboxylic acids is 1. The number of nitrogens with one attached hydrogen (secondary N) is 1. The lowest BCUT2D eigenvalue weighted by Gasteiger charge is -2.10. The van der Waals surface area contributed by atoms with Crippen LogP contribution in [0.2, 0.25) is 0 Å². The lowest BCUT2D eigenvalue weighted by molar-refractivity contribution is 0.102. The van der Waals surface area contributed by atoms with Gasteiger partial charge < -0.3 is 10.1 Å². The zero-order valence-corrected chi connectivity index (χ0v) is 13.3. The lowest BCUT2D eigenvalue weighted by Crippen LogP contribution is -2.16. The van der Waals surface area contributed by atoms with Gasteiger partial charge in [0, 0.05) is 17.4 Å². The lowest BCUT2D eigenvalue weighted by atomic mass is 10.2. The highest BCUT2D eigenvalue weighted by molar-refractivity contribution is 6.03. The molecule has 0 aliphatic heterocycles. The third kappa shape index (κ3) is 2.88. The van der Waals surface area contributed by atoms with Gasteiger partial charge in [-0.1, -0.05) is 6.92 Å². The maximum atomic E-state index is 12.5. The molecule has 1 N–H and O–H groups in total. The molecule has 0 fully saturated rings. The summed E-state index contributed by atoms with van der Waals surface area (Å²) in [7, 11) is 1.62. The molecule has 118 valence electrons. The van der Waals surface area contributed by atoms with E-state index in [0.29, 0.717) is 11.3 Å². The molecule has 6 nitrogen and oxygen atoms in total. The van der Waals surface area contributed by atoms with Crippen LogP contribution in [0, 0.1) is 6.92 Å². The minimum Gasteiger partial charge on any atom is -0.497 e. The number of ether oxygens (including phenoxy) is 1. The molecule has 2 heterocycles. The summed E-state index contributed by atoms with van der Waals surface area (Å²) in [6.45, 7) is 3.94. The van der Waals surface area contributed by atoms with Crippen molar-refractivity contribution in [3.8, 4) is 5.75 Å². The van der Waals surface area contributed by atoms with E-state index in [2.05, 4.69) is 15.4 Å². The van der Waals surface area contributed by atoms with Crippen molar-refractivity contribution in [3.63, 3.8) is 0 Å². The van der Waals surface area contributed by atoms with E-state index in [1.165, 1.54) is 0 Å². The highest BCUT2D eigenvalue weighted by Gasteiger charge is 2.13. The van der Waals surface area contributed by atoms with E-state index >= 15 is 0 Å². The van der Waals surface area contributed by atoms with Gasteiger partial charge in [0.1, 0.15) is 11.4 Å². The van der Waals surface area contributed by atoms with E-state index in [-0.39, 0.29) is 5.91 Å². The first-order valence-electron chi connectivity index (χ1n) is 7.42. The number of carbonyl (C=O) groups is 1. The molecular weight excluding hydrogens is 292 g/mol. The summed E-state index contributed by atoms with van der Waals surface area (Å²) in [4.78, 5) is 16.9. The van der Waals surface area contributed by atoms with Crippen molar-refractivity contribution < 1.29 is 9.53 Å². The van der Waals surface area contributed by atoms with E-state index in [1.54, 1.807) is 30.0 Å². The van der Waals surface area contributed by atoms with Gasteiger partial charge in [-0.15, -0.1) is 0 Å². The van der Waals surface area contributed by atoms with Crippen LogP contribution in [0.15, 0.2) is 36.5 Å². The minimum absolute atomic E-state index is 0.239. The van der Waals surface area contributed by atoms with Gasteiger partial charge in [-0.3, -0.25) is 4.79 Å². The van der Waals surface area contributed by atoms with Gasteiger partial charge in [0.25, 0.3) is 5.91 Å². The third-order valence-electron chi connectivity index (χ3n) is 3.71. The first kappa shape index (κ1) is 15.0. The van der Waals surface area contributed by atoms with E-state index < -0.39 is 0 Å². The van der Waals surface area contributed by atoms with Gasteiger partial charge in [0.15, 0.2) is 5.65 Å². The largest absolute Gasteiger partial charge is 0.497 e. The molecule has 0 aliphatic rings. The molecule has 3 rings (SSSR count). The van der Waals surface area contributed by atoms with Crippen molar-refractivity contribution >= 4 is 17.2 Å². The predicted molar refractivity (Wildman–Crippen MR) is 88.0 cm³/mol. The van der Waals surface area contributed by atoms with Crippen LogP contribution in [0.3, 0.4) is 0 Å². The third-order valence-corrected chi connectivity index (χ3v) is 3.71. The normalized spacial score (nSPS) is 10.7. The number of benzene rings is 1. The molecule has 3 aromatic rings. The van der Waals surface area contributed by atoms with E-state index in [9.17, 15) is 4.79 Å². The Labute approximate surface area is 134 Å². The number of aromatic nitrogens is 3. The number of nitrogens with zero attached hydrogens (tertiary/aromatic N) is 3. The molecule has 1 aromatic carbocycles. The van der Waals surface area contributed by atoms with Gasteiger partial charge in [-0.25, -0.2) is 9.50 Å². The molecule has 0 aliphatic carbocycles. The number of aryl methyl sites for hydroxylation is 2. The van der Waals surface area contributed by atoms with Gasteiger partial charge in [-0.2, -0.15) is 5.10 Å². The Bertz CT molecular complexity index is 870. The second-order valence-corrected chi connectivity index (χ2v) is 5.22. The summed E-state index contributed by atoms with van der Waals surface area (Å²) in [6, 6.07) is 9.07. The van der Waals surface area contributed by atoms with Crippen molar-refractivity contribution in [3.05, 3.63) is 53.5 Å². The van der Waals surface area contributed by atoms with E-state index in [0.717, 1.165) is 29.1 Å². The fourth-order valence-corrected chi connectivity index (χ4v) is 2.43. The Morgan fingerprint density at radius 1 is 1.30 bits per heavy atom. The van der Waals surface area contributed by atoms with E-state index in [1.807, 2.05) is 32.0 Å². The van der Waals surface area contributed by atoms with Gasteiger partial charge in [-0.05, 0) is 43.2 Å². The monoisotopic (exact) mass is 310 g/mol. The number of hydrogen-bond acceptors (Lipinski definition) is 4. The summed E-state index contributed by atoms with van der Waals surface area (Å²) in [5, 5.41) is 7.12. The number of anilines is 1. The number of methoxy groups -OCH3 is 1. The second-order valence-electron chi connectivity index (χ2n) is 5.22. The Hall–Kier alpha value is -2.89. The second kappa shape index (κ2) is 6.08. The molecule has 6 heteroatoms. The minimum atomic E-state index is -0.239. The fourth-order valence-electron chi connectivity index (χ4n) is 2.43. The summed E-state index contributed by atoms with van der Waals surface area (Å²) in [6.07, 6.45) is 2.44. The standard InChI is InChI=1S/C17H18N4O2/c1-4-12-10-15(19-16-7-8-18-21(12)16)17(22)20-14-6-5-13(23-3)9-11(14)2/h5-10H,4H2,1-3H3,(H,20,22). The van der Waals surface area contributed by atoms with Crippen molar-refractivity contribution in [1.82, 2.24) is 14.6 Å². The summed E-state index contributed by atoms with van der Waals surface area (Å²) in [5.41, 5.74) is 3.66. The number of fused-ring (bicyclic) bond motifs is 1. The van der Waals surface area contributed by atoms with Crippen LogP contribution in [-0.4, -0.2) is 27.6 Å². The summed E-state index contributed by atoms with van der Waals surface area (Å²) < 4.78 is 6.92. The van der Waals surface area contributed by atoms with E-state index in [4.69, 9.17) is 4.74 Å². The maximum absolute atomic E-state index is 12.5. The van der Waals surface area contributed by atoms with Crippen LogP contribution >= 0.6 is 0 Å². The average Bonchev–Trinajstić information content (AvgIpc) is 3.04. The van der Waals surface area contributed by atoms with Crippen LogP contribution < -0.4 is 10.1 Å². The Balaban J connectivity index is 1.91. The predicted octanol–water partition coefficient (Wildman–Crippen LogP) is 2.86. The topological polar surface area (TPSA) is 68.5 Å². The molecule has 0 radical (unpaired) electrons. The molecule has 0 saturated carbocycles. The summed E-state index contributed by atoms with van der Waals surface area (Å²) >= 11 is 0. The highest BCUT2D eigenvalue weighted by Crippen LogP contribution is 2.21. The first-order valence-corrected chi connectivity index (χ1v) is 7.42. The van der Waals surface area contributed by atoms with Crippen molar-refractivity contribution in [2.75, 3.05) is 12.4 Å².